The minimum atomic E-state index is -0.513. The van der Waals surface area contributed by atoms with Crippen molar-refractivity contribution >= 4 is 17.7 Å². The first-order valence-corrected chi connectivity index (χ1v) is 10.7. The zero-order valence-corrected chi connectivity index (χ0v) is 18.1. The molecule has 2 aliphatic rings. The van der Waals surface area contributed by atoms with E-state index in [1.807, 2.05) is 25.7 Å². The number of benzene rings is 1. The van der Waals surface area contributed by atoms with Crippen LogP contribution in [0.3, 0.4) is 0 Å². The van der Waals surface area contributed by atoms with Gasteiger partial charge in [-0.3, -0.25) is 10.1 Å². The second kappa shape index (κ2) is 9.06. The summed E-state index contributed by atoms with van der Waals surface area (Å²) in [6, 6.07) is 5.13. The molecule has 0 aromatic heterocycles. The molecule has 1 heterocycles. The summed E-state index contributed by atoms with van der Waals surface area (Å²) >= 11 is 0. The van der Waals surface area contributed by atoms with Crippen LogP contribution in [0.1, 0.15) is 63.2 Å². The number of carbonyl (C=O) groups excluding carboxylic acids is 2. The van der Waals surface area contributed by atoms with Gasteiger partial charge in [-0.2, -0.15) is 0 Å². The number of amides is 2. The summed E-state index contributed by atoms with van der Waals surface area (Å²) in [4.78, 5) is 27.1. The van der Waals surface area contributed by atoms with Gasteiger partial charge in [0.1, 0.15) is 5.75 Å². The molecule has 1 aliphatic carbocycles. The molecule has 0 bridgehead atoms. The molecule has 1 saturated heterocycles. The van der Waals surface area contributed by atoms with Crippen molar-refractivity contribution < 1.29 is 19.1 Å². The average Bonchev–Trinajstić information content (AvgIpc) is 2.70. The fourth-order valence-electron chi connectivity index (χ4n) is 4.34. The highest BCUT2D eigenvalue weighted by molar-refractivity contribution is 5.98. The van der Waals surface area contributed by atoms with E-state index in [1.54, 1.807) is 25.3 Å². The zero-order chi connectivity index (χ0) is 21.0. The first-order valence-electron chi connectivity index (χ1n) is 10.7. The molecule has 1 N–H and O–H groups in total. The number of methoxy groups -OCH3 is 1. The van der Waals surface area contributed by atoms with E-state index in [4.69, 9.17) is 9.47 Å². The van der Waals surface area contributed by atoms with Gasteiger partial charge in [-0.15, -0.1) is 0 Å². The van der Waals surface area contributed by atoms with Crippen molar-refractivity contribution in [1.29, 1.82) is 0 Å². The van der Waals surface area contributed by atoms with Gasteiger partial charge in [0, 0.05) is 24.8 Å². The largest absolute Gasteiger partial charge is 0.496 e. The van der Waals surface area contributed by atoms with Gasteiger partial charge in [-0.05, 0) is 42.2 Å². The molecule has 6 nitrogen and oxygen atoms in total. The first-order chi connectivity index (χ1) is 13.8. The Labute approximate surface area is 173 Å². The maximum absolute atomic E-state index is 13.1. The summed E-state index contributed by atoms with van der Waals surface area (Å²) in [7, 11) is 1.54. The maximum atomic E-state index is 13.1. The number of anilines is 1. The van der Waals surface area contributed by atoms with E-state index in [0.29, 0.717) is 29.5 Å². The van der Waals surface area contributed by atoms with Gasteiger partial charge in [-0.25, -0.2) is 4.79 Å². The van der Waals surface area contributed by atoms with Crippen LogP contribution in [0.15, 0.2) is 18.2 Å². The molecule has 1 aromatic carbocycles. The predicted octanol–water partition coefficient (Wildman–Crippen LogP) is 4.94. The number of fused-ring (bicyclic) bond motifs is 1. The number of carbonyl (C=O) groups is 2. The maximum Gasteiger partial charge on any atom is 0.411 e. The van der Waals surface area contributed by atoms with Crippen molar-refractivity contribution in [3.63, 3.8) is 0 Å². The predicted molar refractivity (Wildman–Crippen MR) is 113 cm³/mol. The molecule has 3 rings (SSSR count). The molecule has 160 valence electrons. The summed E-state index contributed by atoms with van der Waals surface area (Å²) < 4.78 is 10.7. The molecular formula is C23H34N2O4. The van der Waals surface area contributed by atoms with E-state index >= 15 is 0 Å². The Bertz CT molecular complexity index is 741. The zero-order valence-electron chi connectivity index (χ0n) is 18.1. The lowest BCUT2D eigenvalue weighted by atomic mass is 9.75. The first kappa shape index (κ1) is 21.5. The van der Waals surface area contributed by atoms with Gasteiger partial charge in [0.15, 0.2) is 0 Å². The van der Waals surface area contributed by atoms with Crippen LogP contribution in [-0.4, -0.2) is 43.7 Å². The number of hydrogen-bond donors (Lipinski definition) is 1. The summed E-state index contributed by atoms with van der Waals surface area (Å²) in [5, 5.41) is 2.71. The molecular weight excluding hydrogens is 368 g/mol. The van der Waals surface area contributed by atoms with E-state index in [9.17, 15) is 9.59 Å². The standard InChI is InChI=1S/C23H34N2O4/c1-23(2,3)15-29-22(27)24-18-9-10-19(20(13-18)28-4)21(26)25-12-11-16-7-5-6-8-17(16)14-25/h9-10,13,16-17H,5-8,11-12,14-15H2,1-4H3,(H,24,27)/t16-,17+/m1/s1. The van der Waals surface area contributed by atoms with Gasteiger partial charge in [0.05, 0.1) is 19.3 Å². The number of rotatable bonds is 4. The number of likely N-dealkylation sites (tertiary alicyclic amines) is 1. The third-order valence-corrected chi connectivity index (χ3v) is 5.89. The van der Waals surface area contributed by atoms with Crippen LogP contribution in [-0.2, 0) is 4.74 Å². The molecule has 0 spiro atoms. The van der Waals surface area contributed by atoms with Crippen LogP contribution in [0.5, 0.6) is 5.75 Å². The Balaban J connectivity index is 1.65. The topological polar surface area (TPSA) is 67.9 Å². The van der Waals surface area contributed by atoms with Crippen LogP contribution in [0.2, 0.25) is 0 Å². The molecule has 2 atom stereocenters. The van der Waals surface area contributed by atoms with Crippen LogP contribution >= 0.6 is 0 Å². The van der Waals surface area contributed by atoms with Crippen molar-refractivity contribution in [3.05, 3.63) is 23.8 Å². The summed E-state index contributed by atoms with van der Waals surface area (Å²) in [6.45, 7) is 7.97. The van der Waals surface area contributed by atoms with Crippen LogP contribution < -0.4 is 10.1 Å². The van der Waals surface area contributed by atoms with Gasteiger partial charge in [0.2, 0.25) is 0 Å². The molecule has 2 fully saturated rings. The van der Waals surface area contributed by atoms with E-state index in [1.165, 1.54) is 25.7 Å². The van der Waals surface area contributed by atoms with Crippen LogP contribution in [0.25, 0.3) is 0 Å². The van der Waals surface area contributed by atoms with Crippen LogP contribution in [0.4, 0.5) is 10.5 Å². The molecule has 1 saturated carbocycles. The van der Waals surface area contributed by atoms with E-state index in [0.717, 1.165) is 25.4 Å². The highest BCUT2D eigenvalue weighted by Crippen LogP contribution is 2.37. The van der Waals surface area contributed by atoms with Crippen molar-refractivity contribution in [3.8, 4) is 5.75 Å². The smallest absolute Gasteiger partial charge is 0.411 e. The third kappa shape index (κ3) is 5.64. The van der Waals surface area contributed by atoms with Crippen molar-refractivity contribution in [1.82, 2.24) is 4.90 Å². The number of ether oxygens (including phenoxy) is 2. The fourth-order valence-corrected chi connectivity index (χ4v) is 4.34. The lowest BCUT2D eigenvalue weighted by Gasteiger charge is -2.41. The lowest BCUT2D eigenvalue weighted by molar-refractivity contribution is 0.0518. The summed E-state index contributed by atoms with van der Waals surface area (Å²) in [5.74, 6) is 1.88. The van der Waals surface area contributed by atoms with Gasteiger partial charge in [-0.1, -0.05) is 40.0 Å². The van der Waals surface area contributed by atoms with Crippen molar-refractivity contribution in [2.24, 2.45) is 17.3 Å². The molecule has 1 aromatic rings. The van der Waals surface area contributed by atoms with Gasteiger partial charge < -0.3 is 14.4 Å². The van der Waals surface area contributed by atoms with E-state index in [2.05, 4.69) is 5.32 Å². The highest BCUT2D eigenvalue weighted by atomic mass is 16.5. The number of hydrogen-bond acceptors (Lipinski definition) is 4. The Morgan fingerprint density at radius 3 is 2.55 bits per heavy atom. The summed E-state index contributed by atoms with van der Waals surface area (Å²) in [5.41, 5.74) is 0.982. The van der Waals surface area contributed by atoms with Crippen molar-refractivity contribution in [2.45, 2.75) is 52.9 Å². The molecule has 6 heteroatoms. The minimum Gasteiger partial charge on any atom is -0.496 e. The van der Waals surface area contributed by atoms with Crippen molar-refractivity contribution in [2.75, 3.05) is 32.1 Å². The lowest BCUT2D eigenvalue weighted by Crippen LogP contribution is -2.44. The second-order valence-corrected chi connectivity index (χ2v) is 9.52. The SMILES string of the molecule is COc1cc(NC(=O)OCC(C)(C)C)ccc1C(=O)N1CC[C@H]2CCCC[C@H]2C1. The van der Waals surface area contributed by atoms with E-state index < -0.39 is 6.09 Å². The Morgan fingerprint density at radius 2 is 1.86 bits per heavy atom. The molecule has 0 unspecified atom stereocenters. The number of nitrogens with zero attached hydrogens (tertiary/aromatic N) is 1. The monoisotopic (exact) mass is 402 g/mol. The molecule has 2 amide bonds. The second-order valence-electron chi connectivity index (χ2n) is 9.52. The van der Waals surface area contributed by atoms with Gasteiger partial charge >= 0.3 is 6.09 Å². The number of nitrogens with one attached hydrogen (secondary N) is 1. The Kier molecular flexibility index (Phi) is 6.70. The molecule has 29 heavy (non-hydrogen) atoms. The molecule has 1 aliphatic heterocycles. The van der Waals surface area contributed by atoms with E-state index in [-0.39, 0.29) is 11.3 Å². The Hall–Kier alpha value is -2.24. The molecule has 0 radical (unpaired) electrons. The third-order valence-electron chi connectivity index (χ3n) is 5.89. The quantitative estimate of drug-likeness (QED) is 0.774. The fraction of sp³-hybridized carbons (Fsp3) is 0.652. The Morgan fingerprint density at radius 1 is 1.14 bits per heavy atom. The minimum absolute atomic E-state index is 0.00716. The summed E-state index contributed by atoms with van der Waals surface area (Å²) in [6.07, 6.45) is 5.72. The normalized spacial score (nSPS) is 21.9. The van der Waals surface area contributed by atoms with Crippen LogP contribution in [0, 0.1) is 17.3 Å². The average molecular weight is 403 g/mol. The van der Waals surface area contributed by atoms with Gasteiger partial charge in [0.25, 0.3) is 5.91 Å². The number of piperidine rings is 1. The highest BCUT2D eigenvalue weighted by Gasteiger charge is 2.33.